The number of oxime groups is 1. The second-order valence-corrected chi connectivity index (χ2v) is 4.69. The SMILES string of the molecule is CO/N=C/CC(OC(=O)C(F)(F)F)C(COC(=O)C(F)(F)F)OC(=O)C(F)(F)F. The van der Waals surface area contributed by atoms with Crippen molar-refractivity contribution in [2.24, 2.45) is 5.16 Å². The number of alkyl halides is 9. The Kier molecular flexibility index (Phi) is 9.19. The molecule has 0 rings (SSSR count). The normalized spacial score (nSPS) is 14.8. The highest BCUT2D eigenvalue weighted by atomic mass is 19.4. The van der Waals surface area contributed by atoms with Gasteiger partial charge in [0.05, 0.1) is 0 Å². The minimum absolute atomic E-state index is 0.536. The molecule has 0 aliphatic carbocycles. The molecule has 0 bridgehead atoms. The van der Waals surface area contributed by atoms with Crippen molar-refractivity contribution < 1.29 is 72.9 Å². The van der Waals surface area contributed by atoms with E-state index in [0.29, 0.717) is 6.21 Å². The van der Waals surface area contributed by atoms with Crippen molar-refractivity contribution in [2.45, 2.75) is 37.2 Å². The molecular weight excluding hydrogens is 441 g/mol. The van der Waals surface area contributed by atoms with E-state index in [-0.39, 0.29) is 0 Å². The average Bonchev–Trinajstić information content (AvgIpc) is 2.54. The monoisotopic (exact) mass is 451 g/mol. The molecule has 0 heterocycles. The number of hydrogen-bond acceptors (Lipinski definition) is 8. The van der Waals surface area contributed by atoms with Crippen LogP contribution in [0.3, 0.4) is 0 Å². The minimum Gasteiger partial charge on any atom is -0.455 e. The molecule has 0 aliphatic rings. The van der Waals surface area contributed by atoms with Gasteiger partial charge >= 0.3 is 36.4 Å². The van der Waals surface area contributed by atoms with E-state index in [4.69, 9.17) is 0 Å². The first kappa shape index (κ1) is 26.2. The van der Waals surface area contributed by atoms with E-state index in [1.54, 1.807) is 0 Å². The summed E-state index contributed by atoms with van der Waals surface area (Å²) < 4.78 is 121. The second kappa shape index (κ2) is 10.1. The van der Waals surface area contributed by atoms with Crippen LogP contribution in [0.15, 0.2) is 5.16 Å². The Bertz CT molecular complexity index is 612. The first-order valence-corrected chi connectivity index (χ1v) is 6.84. The van der Waals surface area contributed by atoms with E-state index >= 15 is 0 Å². The highest BCUT2D eigenvalue weighted by molar-refractivity contribution is 5.77. The first-order valence-electron chi connectivity index (χ1n) is 6.84. The minimum atomic E-state index is -5.73. The van der Waals surface area contributed by atoms with Crippen LogP contribution in [0, 0.1) is 0 Å². The van der Waals surface area contributed by atoms with Gasteiger partial charge in [0.15, 0.2) is 6.10 Å². The molecule has 8 nitrogen and oxygen atoms in total. The van der Waals surface area contributed by atoms with Gasteiger partial charge in [0.1, 0.15) is 19.8 Å². The lowest BCUT2D eigenvalue weighted by atomic mass is 10.1. The Hall–Kier alpha value is -2.75. The fourth-order valence-electron chi connectivity index (χ4n) is 1.36. The van der Waals surface area contributed by atoms with Crippen LogP contribution in [-0.2, 0) is 33.4 Å². The highest BCUT2D eigenvalue weighted by Gasteiger charge is 2.48. The lowest BCUT2D eigenvalue weighted by Crippen LogP contribution is -2.44. The molecule has 0 radical (unpaired) electrons. The van der Waals surface area contributed by atoms with Crippen LogP contribution in [0.4, 0.5) is 39.5 Å². The third-order valence-corrected chi connectivity index (χ3v) is 2.52. The largest absolute Gasteiger partial charge is 0.490 e. The summed E-state index contributed by atoms with van der Waals surface area (Å²) in [6.07, 6.45) is -22.7. The summed E-state index contributed by atoms with van der Waals surface area (Å²) in [6, 6.07) is 0. The van der Waals surface area contributed by atoms with Crippen molar-refractivity contribution in [3.8, 4) is 0 Å². The number of esters is 3. The smallest absolute Gasteiger partial charge is 0.455 e. The summed E-state index contributed by atoms with van der Waals surface area (Å²) in [6.45, 7) is -1.84. The van der Waals surface area contributed by atoms with Gasteiger partial charge in [0.2, 0.25) is 0 Å². The molecule has 0 saturated heterocycles. The summed E-state index contributed by atoms with van der Waals surface area (Å²) in [5, 5.41) is 2.98. The van der Waals surface area contributed by atoms with Crippen LogP contribution in [0.5, 0.6) is 0 Å². The Morgan fingerprint density at radius 1 is 0.793 bits per heavy atom. The Labute approximate surface area is 154 Å². The molecule has 0 fully saturated rings. The van der Waals surface area contributed by atoms with Crippen molar-refractivity contribution in [2.75, 3.05) is 13.7 Å². The number of ether oxygens (including phenoxy) is 3. The average molecular weight is 451 g/mol. The van der Waals surface area contributed by atoms with Crippen LogP contribution in [0.1, 0.15) is 6.42 Å². The molecule has 17 heteroatoms. The molecule has 0 spiro atoms. The summed E-state index contributed by atoms with van der Waals surface area (Å²) in [5.41, 5.74) is 0. The second-order valence-electron chi connectivity index (χ2n) is 4.69. The first-order chi connectivity index (χ1) is 13.0. The van der Waals surface area contributed by atoms with Gasteiger partial charge in [0.25, 0.3) is 0 Å². The van der Waals surface area contributed by atoms with Crippen molar-refractivity contribution in [3.05, 3.63) is 0 Å². The van der Waals surface area contributed by atoms with Crippen molar-refractivity contribution in [3.63, 3.8) is 0 Å². The summed E-state index contributed by atoms with van der Waals surface area (Å²) in [5.74, 6) is -9.01. The van der Waals surface area contributed by atoms with E-state index in [1.165, 1.54) is 0 Å². The van der Waals surface area contributed by atoms with Gasteiger partial charge < -0.3 is 19.0 Å². The van der Waals surface area contributed by atoms with Gasteiger partial charge in [-0.25, -0.2) is 14.4 Å². The van der Waals surface area contributed by atoms with E-state index in [1.807, 2.05) is 0 Å². The van der Waals surface area contributed by atoms with Gasteiger partial charge in [-0.2, -0.15) is 39.5 Å². The van der Waals surface area contributed by atoms with Crippen LogP contribution in [0.25, 0.3) is 0 Å². The Morgan fingerprint density at radius 2 is 1.21 bits per heavy atom. The van der Waals surface area contributed by atoms with Crippen LogP contribution >= 0.6 is 0 Å². The maximum Gasteiger partial charge on any atom is 0.490 e. The van der Waals surface area contributed by atoms with Crippen LogP contribution < -0.4 is 0 Å². The summed E-state index contributed by atoms with van der Waals surface area (Å²) in [7, 11) is 0.930. The molecule has 2 unspecified atom stereocenters. The molecule has 0 saturated carbocycles. The van der Waals surface area contributed by atoms with E-state index in [9.17, 15) is 53.9 Å². The number of nitrogens with zero attached hydrogens (tertiary/aromatic N) is 1. The topological polar surface area (TPSA) is 100 Å². The molecular formula is C12H10F9NO7. The summed E-state index contributed by atoms with van der Waals surface area (Å²) in [4.78, 5) is 36.6. The quantitative estimate of drug-likeness (QED) is 0.183. The van der Waals surface area contributed by atoms with Gasteiger partial charge in [0, 0.05) is 12.6 Å². The molecule has 0 N–H and O–H groups in total. The molecule has 0 aromatic heterocycles. The van der Waals surface area contributed by atoms with Crippen LogP contribution in [-0.4, -0.2) is 68.6 Å². The fraction of sp³-hybridized carbons (Fsp3) is 0.667. The van der Waals surface area contributed by atoms with Crippen molar-refractivity contribution in [1.82, 2.24) is 0 Å². The lowest BCUT2D eigenvalue weighted by molar-refractivity contribution is -0.227. The number of carbonyl (C=O) groups is 3. The number of halogens is 9. The third-order valence-electron chi connectivity index (χ3n) is 2.52. The highest BCUT2D eigenvalue weighted by Crippen LogP contribution is 2.24. The van der Waals surface area contributed by atoms with E-state index in [0.717, 1.165) is 7.11 Å². The maximum absolute atomic E-state index is 12.3. The predicted octanol–water partition coefficient (Wildman–Crippen LogP) is 2.06. The van der Waals surface area contributed by atoms with Gasteiger partial charge in [-0.1, -0.05) is 5.16 Å². The molecule has 0 aromatic carbocycles. The molecule has 2 atom stereocenters. The van der Waals surface area contributed by atoms with E-state index in [2.05, 4.69) is 24.2 Å². The third kappa shape index (κ3) is 9.84. The van der Waals surface area contributed by atoms with Crippen molar-refractivity contribution >= 4 is 24.1 Å². The van der Waals surface area contributed by atoms with Gasteiger partial charge in [-0.3, -0.25) is 0 Å². The number of hydrogen-bond donors (Lipinski definition) is 0. The molecule has 0 aromatic rings. The zero-order valence-corrected chi connectivity index (χ0v) is 13.9. The molecule has 0 amide bonds. The number of carbonyl (C=O) groups excluding carboxylic acids is 3. The van der Waals surface area contributed by atoms with Crippen LogP contribution in [0.2, 0.25) is 0 Å². The Balaban J connectivity index is 5.70. The molecule has 168 valence electrons. The summed E-state index contributed by atoms with van der Waals surface area (Å²) >= 11 is 0. The van der Waals surface area contributed by atoms with Gasteiger partial charge in [-0.05, 0) is 0 Å². The van der Waals surface area contributed by atoms with E-state index < -0.39 is 61.7 Å². The molecule has 0 aliphatic heterocycles. The zero-order chi connectivity index (χ0) is 23.0. The zero-order valence-electron chi connectivity index (χ0n) is 13.9. The lowest BCUT2D eigenvalue weighted by Gasteiger charge is -2.26. The number of rotatable bonds is 8. The standard InChI is InChI=1S/C12H10F9NO7/c1-26-22-3-2-5(28-8(24)11(16,17)18)6(29-9(25)12(19,20)21)4-27-7(23)10(13,14)15/h3,5-6H,2,4H2,1H3/b22-3+. The van der Waals surface area contributed by atoms with Crippen molar-refractivity contribution in [1.29, 1.82) is 0 Å². The Morgan fingerprint density at radius 3 is 1.59 bits per heavy atom. The van der Waals surface area contributed by atoms with Gasteiger partial charge in [-0.15, -0.1) is 0 Å². The molecule has 29 heavy (non-hydrogen) atoms. The predicted molar refractivity (Wildman–Crippen MR) is 69.0 cm³/mol. The fourth-order valence-corrected chi connectivity index (χ4v) is 1.36. The maximum atomic E-state index is 12.3.